The van der Waals surface area contributed by atoms with Crippen LogP contribution in [-0.4, -0.2) is 64.5 Å². The molecule has 11 nitrogen and oxygen atoms in total. The van der Waals surface area contributed by atoms with E-state index < -0.39 is 54.3 Å². The molecule has 4 atom stereocenters. The third-order valence-electron chi connectivity index (χ3n) is 4.51. The predicted octanol–water partition coefficient (Wildman–Crippen LogP) is -0.949. The van der Waals surface area contributed by atoms with Gasteiger partial charge in [0.1, 0.15) is 18.6 Å². The van der Waals surface area contributed by atoms with E-state index in [1.54, 1.807) is 27.7 Å². The molecule has 7 N–H and O–H groups in total. The molecule has 0 aromatic heterocycles. The van der Waals surface area contributed by atoms with Gasteiger partial charge < -0.3 is 31.9 Å². The van der Waals surface area contributed by atoms with Crippen molar-refractivity contribution in [2.75, 3.05) is 6.54 Å². The van der Waals surface area contributed by atoms with E-state index in [2.05, 4.69) is 16.0 Å². The van der Waals surface area contributed by atoms with Crippen molar-refractivity contribution < 1.29 is 34.2 Å². The van der Waals surface area contributed by atoms with Crippen LogP contribution in [0.5, 0.6) is 0 Å². The Kier molecular flexibility index (Phi) is 11.5. The smallest absolute Gasteiger partial charge is 0.322 e. The summed E-state index contributed by atoms with van der Waals surface area (Å²) in [6, 6.07) is -3.14. The number of carboxylic acids is 2. The second-order valence-corrected chi connectivity index (χ2v) is 7.25. The molecule has 0 spiro atoms. The highest BCUT2D eigenvalue weighted by Gasteiger charge is 2.31. The first-order valence-electron chi connectivity index (χ1n) is 9.48. The molecule has 11 heteroatoms. The van der Waals surface area contributed by atoms with Crippen LogP contribution in [0.25, 0.3) is 0 Å². The summed E-state index contributed by atoms with van der Waals surface area (Å²) in [7, 11) is 0. The maximum absolute atomic E-state index is 12.7. The summed E-state index contributed by atoms with van der Waals surface area (Å²) in [5.74, 6) is -4.95. The third-order valence-corrected chi connectivity index (χ3v) is 4.51. The van der Waals surface area contributed by atoms with Crippen molar-refractivity contribution in [2.24, 2.45) is 17.6 Å². The first-order chi connectivity index (χ1) is 13.4. The highest BCUT2D eigenvalue weighted by Crippen LogP contribution is 2.10. The van der Waals surface area contributed by atoms with Crippen molar-refractivity contribution in [3.05, 3.63) is 0 Å². The second-order valence-electron chi connectivity index (χ2n) is 7.25. The predicted molar refractivity (Wildman–Crippen MR) is 104 cm³/mol. The van der Waals surface area contributed by atoms with E-state index in [1.165, 1.54) is 0 Å². The fourth-order valence-corrected chi connectivity index (χ4v) is 2.34. The van der Waals surface area contributed by atoms with Gasteiger partial charge in [0.05, 0.1) is 6.04 Å². The van der Waals surface area contributed by atoms with E-state index in [1.807, 2.05) is 0 Å². The molecule has 4 unspecified atom stereocenters. The first-order valence-corrected chi connectivity index (χ1v) is 9.48. The first kappa shape index (κ1) is 26.3. The van der Waals surface area contributed by atoms with Crippen molar-refractivity contribution in [3.63, 3.8) is 0 Å². The number of nitrogens with two attached hydrogens (primary N) is 1. The SMILES string of the molecule is CCC(C)C(NC(=O)C(CCC(=O)O)NC(=O)C(N)C(C)C)C(=O)NCC(=O)O. The van der Waals surface area contributed by atoms with E-state index in [0.717, 1.165) is 0 Å². The van der Waals surface area contributed by atoms with Gasteiger partial charge in [0.25, 0.3) is 0 Å². The molecule has 0 aromatic rings. The lowest BCUT2D eigenvalue weighted by atomic mass is 9.97. The molecular weight excluding hydrogens is 384 g/mol. The molecule has 0 rings (SSSR count). The maximum Gasteiger partial charge on any atom is 0.322 e. The average molecular weight is 416 g/mol. The van der Waals surface area contributed by atoms with Crippen LogP contribution in [0.3, 0.4) is 0 Å². The Morgan fingerprint density at radius 3 is 1.93 bits per heavy atom. The molecule has 0 saturated heterocycles. The van der Waals surface area contributed by atoms with E-state index in [4.69, 9.17) is 15.9 Å². The van der Waals surface area contributed by atoms with Gasteiger partial charge in [-0.3, -0.25) is 24.0 Å². The van der Waals surface area contributed by atoms with Crippen molar-refractivity contribution in [1.82, 2.24) is 16.0 Å². The van der Waals surface area contributed by atoms with Crippen LogP contribution in [0.1, 0.15) is 47.0 Å². The summed E-state index contributed by atoms with van der Waals surface area (Å²) in [6.07, 6.45) is -0.0635. The molecule has 0 radical (unpaired) electrons. The zero-order valence-corrected chi connectivity index (χ0v) is 17.2. The van der Waals surface area contributed by atoms with Gasteiger partial charge >= 0.3 is 11.9 Å². The van der Waals surface area contributed by atoms with Gasteiger partial charge in [0.15, 0.2) is 0 Å². The Balaban J connectivity index is 5.37. The summed E-state index contributed by atoms with van der Waals surface area (Å²) in [4.78, 5) is 58.8. The molecule has 0 aliphatic carbocycles. The van der Waals surface area contributed by atoms with E-state index in [-0.39, 0.29) is 24.7 Å². The lowest BCUT2D eigenvalue weighted by molar-refractivity contribution is -0.139. The van der Waals surface area contributed by atoms with Crippen LogP contribution in [0, 0.1) is 11.8 Å². The summed E-state index contributed by atoms with van der Waals surface area (Å²) in [5, 5.41) is 24.8. The van der Waals surface area contributed by atoms with Crippen LogP contribution in [0.15, 0.2) is 0 Å². The Morgan fingerprint density at radius 2 is 1.48 bits per heavy atom. The molecule has 0 bridgehead atoms. The molecular formula is C18H32N4O7. The molecule has 29 heavy (non-hydrogen) atoms. The molecule has 166 valence electrons. The van der Waals surface area contributed by atoms with Crippen molar-refractivity contribution in [2.45, 2.75) is 65.1 Å². The highest BCUT2D eigenvalue weighted by molar-refractivity contribution is 5.94. The normalized spacial score (nSPS) is 15.0. The van der Waals surface area contributed by atoms with Gasteiger partial charge in [-0.15, -0.1) is 0 Å². The number of amides is 3. The van der Waals surface area contributed by atoms with Crippen molar-refractivity contribution in [1.29, 1.82) is 0 Å². The molecule has 0 aliphatic heterocycles. The third kappa shape index (κ3) is 9.88. The second kappa shape index (κ2) is 12.7. The van der Waals surface area contributed by atoms with Gasteiger partial charge in [0.2, 0.25) is 17.7 Å². The fraction of sp³-hybridized carbons (Fsp3) is 0.722. The molecule has 0 fully saturated rings. The average Bonchev–Trinajstić information content (AvgIpc) is 2.65. The Labute approximate surface area is 169 Å². The van der Waals surface area contributed by atoms with Crippen LogP contribution >= 0.6 is 0 Å². The summed E-state index contributed by atoms with van der Waals surface area (Å²) in [5.41, 5.74) is 5.77. The Hall–Kier alpha value is -2.69. The molecule has 0 aromatic carbocycles. The van der Waals surface area contributed by atoms with E-state index >= 15 is 0 Å². The number of nitrogens with one attached hydrogen (secondary N) is 3. The monoisotopic (exact) mass is 416 g/mol. The summed E-state index contributed by atoms with van der Waals surface area (Å²) in [6.45, 7) is 6.33. The minimum absolute atomic E-state index is 0.193. The summed E-state index contributed by atoms with van der Waals surface area (Å²) >= 11 is 0. The fourth-order valence-electron chi connectivity index (χ4n) is 2.34. The van der Waals surface area contributed by atoms with Crippen LogP contribution in [0.4, 0.5) is 0 Å². The van der Waals surface area contributed by atoms with Crippen LogP contribution in [0.2, 0.25) is 0 Å². The highest BCUT2D eigenvalue weighted by atomic mass is 16.4. The molecule has 3 amide bonds. The number of carbonyl (C=O) groups is 5. The lowest BCUT2D eigenvalue weighted by Gasteiger charge is -2.27. The lowest BCUT2D eigenvalue weighted by Crippen LogP contribution is -2.58. The number of carbonyl (C=O) groups excluding carboxylic acids is 3. The number of aliphatic carboxylic acids is 2. The zero-order valence-electron chi connectivity index (χ0n) is 17.2. The molecule has 0 aliphatic rings. The van der Waals surface area contributed by atoms with Gasteiger partial charge in [-0.2, -0.15) is 0 Å². The zero-order chi connectivity index (χ0) is 22.7. The number of carboxylic acid groups (broad SMARTS) is 2. The number of hydrogen-bond acceptors (Lipinski definition) is 6. The number of hydrogen-bond donors (Lipinski definition) is 6. The number of rotatable bonds is 13. The van der Waals surface area contributed by atoms with Crippen LogP contribution in [-0.2, 0) is 24.0 Å². The van der Waals surface area contributed by atoms with Gasteiger partial charge in [-0.25, -0.2) is 0 Å². The largest absolute Gasteiger partial charge is 0.481 e. The van der Waals surface area contributed by atoms with Gasteiger partial charge in [-0.05, 0) is 18.3 Å². The van der Waals surface area contributed by atoms with Crippen molar-refractivity contribution >= 4 is 29.7 Å². The van der Waals surface area contributed by atoms with Gasteiger partial charge in [0, 0.05) is 6.42 Å². The minimum atomic E-state index is -1.23. The standard InChI is InChI=1S/C18H32N4O7/c1-5-10(4)15(18(29)20-8-13(25)26)22-16(27)11(6-7-12(23)24)21-17(28)14(19)9(2)3/h9-11,14-15H,5-8,19H2,1-4H3,(H,20,29)(H,21,28)(H,22,27)(H,23,24)(H,25,26). The molecule has 0 saturated carbocycles. The Morgan fingerprint density at radius 1 is 0.897 bits per heavy atom. The van der Waals surface area contributed by atoms with Crippen LogP contribution < -0.4 is 21.7 Å². The maximum atomic E-state index is 12.7. The minimum Gasteiger partial charge on any atom is -0.481 e. The summed E-state index contributed by atoms with van der Waals surface area (Å²) < 4.78 is 0. The molecule has 0 heterocycles. The quantitative estimate of drug-likeness (QED) is 0.221. The van der Waals surface area contributed by atoms with Crippen molar-refractivity contribution in [3.8, 4) is 0 Å². The van der Waals surface area contributed by atoms with E-state index in [9.17, 15) is 24.0 Å². The van der Waals surface area contributed by atoms with E-state index in [0.29, 0.717) is 6.42 Å². The topological polar surface area (TPSA) is 188 Å². The van der Waals surface area contributed by atoms with Gasteiger partial charge in [-0.1, -0.05) is 34.1 Å². The Bertz CT molecular complexity index is 609.